The summed E-state index contributed by atoms with van der Waals surface area (Å²) in [7, 11) is 0. The molecule has 10 nitrogen and oxygen atoms in total. The van der Waals surface area contributed by atoms with Crippen molar-refractivity contribution < 1.29 is 19.1 Å². The third-order valence-electron chi connectivity index (χ3n) is 5.78. The molecule has 4 rings (SSSR count). The van der Waals surface area contributed by atoms with E-state index in [1.54, 1.807) is 47.1 Å². The lowest BCUT2D eigenvalue weighted by atomic mass is 10.0. The largest absolute Gasteiger partial charge is 0.387 e. The van der Waals surface area contributed by atoms with Gasteiger partial charge in [-0.1, -0.05) is 0 Å². The van der Waals surface area contributed by atoms with E-state index in [1.807, 2.05) is 0 Å². The van der Waals surface area contributed by atoms with Crippen molar-refractivity contribution in [3.05, 3.63) is 71.8 Å². The number of hydrogen-bond donors (Lipinski definition) is 3. The number of nitriles is 1. The van der Waals surface area contributed by atoms with Crippen LogP contribution in [-0.4, -0.2) is 54.7 Å². The number of halogens is 1. The fourth-order valence-electron chi connectivity index (χ4n) is 3.67. The number of aliphatic hydroxyl groups is 1. The average molecular weight is 516 g/mol. The maximum atomic E-state index is 14.3. The molecule has 0 bridgehead atoms. The predicted octanol–water partition coefficient (Wildman–Crippen LogP) is 3.38. The Morgan fingerprint density at radius 3 is 2.61 bits per heavy atom. The Morgan fingerprint density at radius 1 is 1.16 bits per heavy atom. The number of fused-ring (bicyclic) bond motifs is 1. The highest BCUT2D eigenvalue weighted by Crippen LogP contribution is 2.28. The smallest absolute Gasteiger partial charge is 0.255 e. The summed E-state index contributed by atoms with van der Waals surface area (Å²) in [6.07, 6.45) is 2.89. The molecule has 1 amide bonds. The molecule has 1 atom stereocenters. The van der Waals surface area contributed by atoms with Gasteiger partial charge in [-0.3, -0.25) is 19.6 Å². The number of carbonyl (C=O) groups excluding carboxylic acids is 2. The quantitative estimate of drug-likeness (QED) is 0.308. The van der Waals surface area contributed by atoms with Crippen molar-refractivity contribution in [3.63, 3.8) is 0 Å². The van der Waals surface area contributed by atoms with Gasteiger partial charge in [0, 0.05) is 18.3 Å². The van der Waals surface area contributed by atoms with Gasteiger partial charge in [-0.25, -0.2) is 8.91 Å². The molecule has 3 N–H and O–H groups in total. The highest BCUT2D eigenvalue weighted by molar-refractivity contribution is 6.00. The number of alkyl halides is 1. The normalized spacial score (nSPS) is 12.1. The molecule has 11 heteroatoms. The van der Waals surface area contributed by atoms with Crippen LogP contribution in [0, 0.1) is 11.3 Å². The molecular formula is C27H26FN7O3. The van der Waals surface area contributed by atoms with E-state index in [-0.39, 0.29) is 24.3 Å². The van der Waals surface area contributed by atoms with Gasteiger partial charge in [0.05, 0.1) is 63.9 Å². The monoisotopic (exact) mass is 515 g/mol. The summed E-state index contributed by atoms with van der Waals surface area (Å²) < 4.78 is 15.9. The Labute approximate surface area is 218 Å². The number of aromatic nitrogens is 4. The van der Waals surface area contributed by atoms with Gasteiger partial charge in [-0.2, -0.15) is 10.4 Å². The topological polar surface area (TPSA) is 145 Å². The zero-order valence-corrected chi connectivity index (χ0v) is 21.1. The van der Waals surface area contributed by atoms with Crippen LogP contribution < -0.4 is 10.6 Å². The molecule has 0 spiro atoms. The van der Waals surface area contributed by atoms with Crippen LogP contribution in [0.5, 0.6) is 0 Å². The zero-order chi connectivity index (χ0) is 27.4. The van der Waals surface area contributed by atoms with E-state index in [9.17, 15) is 19.1 Å². The van der Waals surface area contributed by atoms with Crippen LogP contribution in [-0.2, 0) is 11.2 Å². The van der Waals surface area contributed by atoms with Crippen LogP contribution in [0.15, 0.2) is 55.0 Å². The Hall–Kier alpha value is -4.69. The number of pyridine rings is 2. The fourth-order valence-corrected chi connectivity index (χ4v) is 3.67. The van der Waals surface area contributed by atoms with Gasteiger partial charge in [0.15, 0.2) is 0 Å². The molecule has 0 saturated heterocycles. The second-order valence-electron chi connectivity index (χ2n) is 9.40. The van der Waals surface area contributed by atoms with Crippen LogP contribution in [0.25, 0.3) is 16.9 Å². The zero-order valence-electron chi connectivity index (χ0n) is 21.1. The fraction of sp³-hybridized carbons (Fsp3) is 0.259. The summed E-state index contributed by atoms with van der Waals surface area (Å²) in [4.78, 5) is 33.1. The SMILES string of the molecule is CC(=O)Cc1ccc(Nc2cc(-c3ccc4cc(C#N)cnn34)ncc2C(=O)NC[C@@H](F)C(C)(C)O)cn1. The van der Waals surface area contributed by atoms with E-state index < -0.39 is 17.7 Å². The van der Waals surface area contributed by atoms with Gasteiger partial charge in [-0.15, -0.1) is 0 Å². The Bertz CT molecular complexity index is 1540. The Balaban J connectivity index is 1.69. The Morgan fingerprint density at radius 2 is 1.95 bits per heavy atom. The van der Waals surface area contributed by atoms with Crippen LogP contribution in [0.4, 0.5) is 15.8 Å². The van der Waals surface area contributed by atoms with Crippen molar-refractivity contribution in [3.8, 4) is 17.5 Å². The summed E-state index contributed by atoms with van der Waals surface area (Å²) in [5, 5.41) is 29.0. The number of nitrogens with one attached hydrogen (secondary N) is 2. The lowest BCUT2D eigenvalue weighted by Crippen LogP contribution is -2.42. The van der Waals surface area contributed by atoms with Gasteiger partial charge in [0.1, 0.15) is 18.0 Å². The van der Waals surface area contributed by atoms with E-state index in [4.69, 9.17) is 5.26 Å². The van der Waals surface area contributed by atoms with E-state index in [2.05, 4.69) is 31.8 Å². The highest BCUT2D eigenvalue weighted by atomic mass is 19.1. The maximum absolute atomic E-state index is 14.3. The van der Waals surface area contributed by atoms with Crippen LogP contribution in [0.3, 0.4) is 0 Å². The van der Waals surface area contributed by atoms with Crippen LogP contribution >= 0.6 is 0 Å². The molecule has 0 unspecified atom stereocenters. The molecular weight excluding hydrogens is 489 g/mol. The summed E-state index contributed by atoms with van der Waals surface area (Å²) in [5.74, 6) is -0.598. The second kappa shape index (κ2) is 10.7. The second-order valence-corrected chi connectivity index (χ2v) is 9.40. The Kier molecular flexibility index (Phi) is 7.45. The van der Waals surface area contributed by atoms with Gasteiger partial charge in [0.25, 0.3) is 5.91 Å². The number of carbonyl (C=O) groups is 2. The highest BCUT2D eigenvalue weighted by Gasteiger charge is 2.27. The molecule has 0 aliphatic carbocycles. The van der Waals surface area contributed by atoms with Crippen molar-refractivity contribution in [2.24, 2.45) is 0 Å². The lowest BCUT2D eigenvalue weighted by Gasteiger charge is -2.22. The van der Waals surface area contributed by atoms with Crippen molar-refractivity contribution in [2.75, 3.05) is 11.9 Å². The molecule has 4 aromatic rings. The molecule has 0 fully saturated rings. The van der Waals surface area contributed by atoms with Gasteiger partial charge >= 0.3 is 0 Å². The molecule has 0 aromatic carbocycles. The van der Waals surface area contributed by atoms with Crippen molar-refractivity contribution in [2.45, 2.75) is 39.0 Å². The summed E-state index contributed by atoms with van der Waals surface area (Å²) in [6.45, 7) is 3.74. The van der Waals surface area contributed by atoms with Gasteiger partial charge in [0.2, 0.25) is 0 Å². The van der Waals surface area contributed by atoms with E-state index >= 15 is 0 Å². The molecule has 0 saturated carbocycles. The van der Waals surface area contributed by atoms with E-state index in [0.717, 1.165) is 0 Å². The molecule has 194 valence electrons. The first kappa shape index (κ1) is 26.4. The molecule has 0 aliphatic heterocycles. The third-order valence-corrected chi connectivity index (χ3v) is 5.78. The van der Waals surface area contributed by atoms with Crippen LogP contribution in [0.1, 0.15) is 42.4 Å². The van der Waals surface area contributed by atoms with E-state index in [0.29, 0.717) is 39.5 Å². The van der Waals surface area contributed by atoms with E-state index in [1.165, 1.54) is 33.2 Å². The minimum Gasteiger partial charge on any atom is -0.387 e. The van der Waals surface area contributed by atoms with Crippen molar-refractivity contribution in [1.29, 1.82) is 5.26 Å². The summed E-state index contributed by atoms with van der Waals surface area (Å²) in [5.41, 5.74) is 2.30. The number of Topliss-reactive ketones (excluding diaryl/α,β-unsaturated/α-hetero) is 1. The number of amides is 1. The molecule has 38 heavy (non-hydrogen) atoms. The number of ketones is 1. The van der Waals surface area contributed by atoms with Crippen LogP contribution in [0.2, 0.25) is 0 Å². The molecule has 4 aromatic heterocycles. The number of rotatable bonds is 9. The average Bonchev–Trinajstić information content (AvgIpc) is 3.30. The minimum atomic E-state index is -1.68. The number of anilines is 2. The summed E-state index contributed by atoms with van der Waals surface area (Å²) >= 11 is 0. The maximum Gasteiger partial charge on any atom is 0.255 e. The first-order valence-corrected chi connectivity index (χ1v) is 11.8. The summed E-state index contributed by atoms with van der Waals surface area (Å²) in [6, 6.07) is 12.4. The third kappa shape index (κ3) is 5.99. The van der Waals surface area contributed by atoms with Gasteiger partial charge in [-0.05, 0) is 57.2 Å². The molecule has 0 aliphatic rings. The number of nitrogens with zero attached hydrogens (tertiary/aromatic N) is 5. The minimum absolute atomic E-state index is 0.0110. The molecule has 4 heterocycles. The van der Waals surface area contributed by atoms with Gasteiger partial charge < -0.3 is 15.7 Å². The van der Waals surface area contributed by atoms with Crippen molar-refractivity contribution in [1.82, 2.24) is 24.9 Å². The molecule has 0 radical (unpaired) electrons. The number of hydrogen-bond acceptors (Lipinski definition) is 8. The lowest BCUT2D eigenvalue weighted by molar-refractivity contribution is -0.116. The van der Waals surface area contributed by atoms with Crippen molar-refractivity contribution >= 4 is 28.6 Å². The first-order valence-electron chi connectivity index (χ1n) is 11.8. The standard InChI is InChI=1S/C27H26FN7O3/c1-16(36)8-18-4-5-19(13-30-18)34-22-10-23(24-7-6-20-9-17(11-29)12-33-35(20)24)31-14-21(22)26(37)32-15-25(28)27(2,3)38/h4-7,9-10,12-14,25,38H,8,15H2,1-3H3,(H,31,34)(H,32,37)/t25-/m1/s1. The predicted molar refractivity (Wildman–Crippen MR) is 139 cm³/mol. The first-order chi connectivity index (χ1) is 18.0.